The fraction of sp³-hybridized carbons (Fsp3) is 1.00. The van der Waals surface area contributed by atoms with Crippen molar-refractivity contribution in [1.29, 1.82) is 0 Å². The van der Waals surface area contributed by atoms with E-state index >= 15 is 0 Å². The maximum absolute atomic E-state index is 10.1. The third-order valence-electron chi connectivity index (χ3n) is 3.57. The molecule has 2 aliphatic rings. The van der Waals surface area contributed by atoms with Crippen LogP contribution in [-0.2, 0) is 0 Å². The minimum atomic E-state index is -0.0574. The minimum Gasteiger partial charge on any atom is -0.392 e. The molecule has 1 saturated heterocycles. The summed E-state index contributed by atoms with van der Waals surface area (Å²) in [5.41, 5.74) is 0. The first-order valence-electron chi connectivity index (χ1n) is 6.12. The second kappa shape index (κ2) is 5.33. The lowest BCUT2D eigenvalue weighted by molar-refractivity contribution is 0.161. The van der Waals surface area contributed by atoms with Crippen molar-refractivity contribution in [1.82, 2.24) is 0 Å². The molecular weight excluding hydrogens is 224 g/mol. The first-order chi connectivity index (χ1) is 7.16. The van der Waals surface area contributed by atoms with E-state index in [1.807, 2.05) is 23.5 Å². The summed E-state index contributed by atoms with van der Waals surface area (Å²) in [6.07, 6.45) is 5.05. The summed E-state index contributed by atoms with van der Waals surface area (Å²) in [6, 6.07) is 0. The molecule has 0 aromatic heterocycles. The zero-order valence-electron chi connectivity index (χ0n) is 9.69. The minimum absolute atomic E-state index is 0.0574. The van der Waals surface area contributed by atoms with E-state index in [4.69, 9.17) is 0 Å². The molecule has 1 heterocycles. The molecule has 1 saturated carbocycles. The molecule has 2 rings (SSSR count). The van der Waals surface area contributed by atoms with Gasteiger partial charge in [0.25, 0.3) is 0 Å². The number of hydrogen-bond donors (Lipinski definition) is 1. The molecule has 0 aromatic carbocycles. The van der Waals surface area contributed by atoms with Crippen LogP contribution >= 0.6 is 23.5 Å². The topological polar surface area (TPSA) is 20.2 Å². The van der Waals surface area contributed by atoms with E-state index in [2.05, 4.69) is 13.8 Å². The predicted molar refractivity (Wildman–Crippen MR) is 70.7 cm³/mol. The van der Waals surface area contributed by atoms with Crippen molar-refractivity contribution in [2.24, 2.45) is 5.92 Å². The SMILES string of the molecule is CC1SCC(C(O)CCC2CC2)SC1C. The van der Waals surface area contributed by atoms with Crippen molar-refractivity contribution in [2.45, 2.75) is 61.4 Å². The molecule has 88 valence electrons. The highest BCUT2D eigenvalue weighted by Crippen LogP contribution is 2.39. The summed E-state index contributed by atoms with van der Waals surface area (Å²) in [4.78, 5) is 0. The van der Waals surface area contributed by atoms with Crippen LogP contribution in [0.4, 0.5) is 0 Å². The zero-order valence-corrected chi connectivity index (χ0v) is 11.3. The number of thioether (sulfide) groups is 2. The van der Waals surface area contributed by atoms with E-state index in [1.54, 1.807) is 0 Å². The van der Waals surface area contributed by atoms with Gasteiger partial charge in [0.2, 0.25) is 0 Å². The van der Waals surface area contributed by atoms with Crippen LogP contribution in [-0.4, -0.2) is 32.7 Å². The molecule has 1 aliphatic heterocycles. The Morgan fingerprint density at radius 1 is 1.27 bits per heavy atom. The fourth-order valence-electron chi connectivity index (χ4n) is 2.01. The average Bonchev–Trinajstić information content (AvgIpc) is 3.02. The van der Waals surface area contributed by atoms with Crippen LogP contribution in [0.1, 0.15) is 39.5 Å². The second-order valence-electron chi connectivity index (χ2n) is 5.01. The average molecular weight is 246 g/mol. The Hall–Kier alpha value is 0.660. The Kier molecular flexibility index (Phi) is 4.31. The van der Waals surface area contributed by atoms with Gasteiger partial charge in [0.15, 0.2) is 0 Å². The van der Waals surface area contributed by atoms with E-state index in [0.29, 0.717) is 10.5 Å². The third-order valence-corrected chi connectivity index (χ3v) is 7.11. The number of hydrogen-bond acceptors (Lipinski definition) is 3. The highest BCUT2D eigenvalue weighted by atomic mass is 32.2. The Balaban J connectivity index is 1.71. The smallest absolute Gasteiger partial charge is 0.0667 e. The van der Waals surface area contributed by atoms with Crippen molar-refractivity contribution in [2.75, 3.05) is 5.75 Å². The van der Waals surface area contributed by atoms with Crippen LogP contribution in [0.15, 0.2) is 0 Å². The highest BCUT2D eigenvalue weighted by molar-refractivity contribution is 8.07. The normalized spacial score (nSPS) is 39.0. The Bertz CT molecular complexity index is 206. The summed E-state index contributed by atoms with van der Waals surface area (Å²) >= 11 is 4.04. The highest BCUT2D eigenvalue weighted by Gasteiger charge is 2.31. The van der Waals surface area contributed by atoms with Gasteiger partial charge < -0.3 is 5.11 Å². The number of aliphatic hydroxyl groups excluding tert-OH is 1. The van der Waals surface area contributed by atoms with Crippen LogP contribution in [0, 0.1) is 5.92 Å². The number of rotatable bonds is 4. The van der Waals surface area contributed by atoms with Crippen molar-refractivity contribution in [3.05, 3.63) is 0 Å². The lowest BCUT2D eigenvalue weighted by atomic mass is 10.1. The van der Waals surface area contributed by atoms with Crippen molar-refractivity contribution < 1.29 is 5.11 Å². The predicted octanol–water partition coefficient (Wildman–Crippen LogP) is 3.16. The number of aliphatic hydroxyl groups is 1. The molecule has 4 atom stereocenters. The lowest BCUT2D eigenvalue weighted by Crippen LogP contribution is -2.34. The molecule has 0 spiro atoms. The van der Waals surface area contributed by atoms with Crippen molar-refractivity contribution in [3.8, 4) is 0 Å². The van der Waals surface area contributed by atoms with Crippen molar-refractivity contribution in [3.63, 3.8) is 0 Å². The third kappa shape index (κ3) is 3.57. The monoisotopic (exact) mass is 246 g/mol. The second-order valence-corrected chi connectivity index (χ2v) is 8.04. The molecule has 0 bridgehead atoms. The lowest BCUT2D eigenvalue weighted by Gasteiger charge is -2.33. The maximum atomic E-state index is 10.1. The van der Waals surface area contributed by atoms with E-state index in [1.165, 1.54) is 19.3 Å². The van der Waals surface area contributed by atoms with Crippen LogP contribution in [0.5, 0.6) is 0 Å². The molecule has 0 amide bonds. The van der Waals surface area contributed by atoms with Gasteiger partial charge in [-0.1, -0.05) is 26.7 Å². The molecule has 2 fully saturated rings. The van der Waals surface area contributed by atoms with Crippen LogP contribution in [0.2, 0.25) is 0 Å². The summed E-state index contributed by atoms with van der Waals surface area (Å²) in [6.45, 7) is 4.59. The van der Waals surface area contributed by atoms with Gasteiger partial charge in [-0.25, -0.2) is 0 Å². The largest absolute Gasteiger partial charge is 0.392 e. The molecule has 3 heteroatoms. The Morgan fingerprint density at radius 2 is 2.00 bits per heavy atom. The van der Waals surface area contributed by atoms with Gasteiger partial charge in [-0.15, -0.1) is 0 Å². The van der Waals surface area contributed by atoms with Gasteiger partial charge in [-0.3, -0.25) is 0 Å². The maximum Gasteiger partial charge on any atom is 0.0667 e. The van der Waals surface area contributed by atoms with Crippen LogP contribution < -0.4 is 0 Å². The molecule has 0 radical (unpaired) electrons. The molecule has 1 nitrogen and oxygen atoms in total. The Labute approximate surface area is 102 Å². The van der Waals surface area contributed by atoms with Gasteiger partial charge >= 0.3 is 0 Å². The molecule has 1 N–H and O–H groups in total. The molecule has 1 aliphatic carbocycles. The first-order valence-corrected chi connectivity index (χ1v) is 8.11. The standard InChI is InChI=1S/C12H22OS2/c1-8-9(2)15-12(7-14-8)11(13)6-5-10-3-4-10/h8-13H,3-7H2,1-2H3. The van der Waals surface area contributed by atoms with E-state index in [-0.39, 0.29) is 6.10 Å². The molecular formula is C12H22OS2. The van der Waals surface area contributed by atoms with E-state index < -0.39 is 0 Å². The van der Waals surface area contributed by atoms with Gasteiger partial charge in [0, 0.05) is 21.5 Å². The van der Waals surface area contributed by atoms with Gasteiger partial charge in [0.1, 0.15) is 0 Å². The van der Waals surface area contributed by atoms with Gasteiger partial charge in [0.05, 0.1) is 6.10 Å². The molecule has 15 heavy (non-hydrogen) atoms. The van der Waals surface area contributed by atoms with E-state index in [0.717, 1.165) is 23.3 Å². The molecule has 4 unspecified atom stereocenters. The van der Waals surface area contributed by atoms with Gasteiger partial charge in [-0.2, -0.15) is 23.5 Å². The summed E-state index contributed by atoms with van der Waals surface area (Å²) in [5.74, 6) is 2.10. The van der Waals surface area contributed by atoms with Crippen LogP contribution in [0.3, 0.4) is 0 Å². The van der Waals surface area contributed by atoms with Gasteiger partial charge in [-0.05, 0) is 18.8 Å². The zero-order chi connectivity index (χ0) is 10.8. The summed E-state index contributed by atoms with van der Waals surface area (Å²) < 4.78 is 0. The Morgan fingerprint density at radius 3 is 2.60 bits per heavy atom. The van der Waals surface area contributed by atoms with Crippen LogP contribution in [0.25, 0.3) is 0 Å². The van der Waals surface area contributed by atoms with E-state index in [9.17, 15) is 5.11 Å². The fourth-order valence-corrected chi connectivity index (χ4v) is 5.06. The summed E-state index contributed by atoms with van der Waals surface area (Å²) in [5, 5.41) is 12.1. The first kappa shape index (κ1) is 12.1. The summed E-state index contributed by atoms with van der Waals surface area (Å²) in [7, 11) is 0. The quantitative estimate of drug-likeness (QED) is 0.823. The molecule has 0 aromatic rings. The van der Waals surface area contributed by atoms with Crippen molar-refractivity contribution >= 4 is 23.5 Å².